The van der Waals surface area contributed by atoms with E-state index < -0.39 is 17.8 Å². The van der Waals surface area contributed by atoms with E-state index in [9.17, 15) is 10.2 Å². The monoisotopic (exact) mass is 362 g/mol. The predicted octanol–water partition coefficient (Wildman–Crippen LogP) is 0.902. The molecule has 7 heteroatoms. The topological polar surface area (TPSA) is 82.0 Å². The van der Waals surface area contributed by atoms with Crippen LogP contribution in [0.2, 0.25) is 0 Å². The smallest absolute Gasteiger partial charge is 0.227 e. The summed E-state index contributed by atoms with van der Waals surface area (Å²) in [5.41, 5.74) is 1.88. The Morgan fingerprint density at radius 1 is 1.12 bits per heavy atom. The lowest BCUT2D eigenvalue weighted by atomic mass is 9.80. The van der Waals surface area contributed by atoms with Crippen LogP contribution in [0.5, 0.6) is 0 Å². The van der Waals surface area contributed by atoms with Gasteiger partial charge in [-0.15, -0.1) is 0 Å². The van der Waals surface area contributed by atoms with Crippen LogP contribution in [0.4, 0.5) is 11.8 Å². The quantitative estimate of drug-likeness (QED) is 0.809. The number of hydrogen-bond acceptors (Lipinski definition) is 7. The molecule has 1 aromatic heterocycles. The van der Waals surface area contributed by atoms with Crippen molar-refractivity contribution in [3.8, 4) is 0 Å². The van der Waals surface area contributed by atoms with Crippen molar-refractivity contribution in [1.29, 1.82) is 0 Å². The largest absolute Gasteiger partial charge is 0.390 e. The molecule has 1 aromatic rings. The second-order valence-corrected chi connectivity index (χ2v) is 8.08. The average Bonchev–Trinajstić information content (AvgIpc) is 2.66. The Morgan fingerprint density at radius 2 is 1.85 bits per heavy atom. The number of piperidine rings is 1. The van der Waals surface area contributed by atoms with E-state index >= 15 is 0 Å². The second-order valence-electron chi connectivity index (χ2n) is 8.08. The zero-order chi connectivity index (χ0) is 18.3. The van der Waals surface area contributed by atoms with E-state index in [-0.39, 0.29) is 0 Å². The molecule has 7 nitrogen and oxygen atoms in total. The molecule has 2 fully saturated rings. The van der Waals surface area contributed by atoms with Crippen LogP contribution in [0.15, 0.2) is 0 Å². The van der Waals surface area contributed by atoms with Gasteiger partial charge in [0.05, 0.1) is 24.0 Å². The van der Waals surface area contributed by atoms with Crippen LogP contribution in [0, 0.1) is 0 Å². The standard InChI is InChI=1S/C19H30N4O3/c1-22(2)18-20-14-6-4-3-5-13(14)17(21-18)23-10-8-19(9-11-23)16(25)15(24)7-12-26-19/h15-16,24-25H,3-12H2,1-2H3/t15-,16-/m0/s1. The van der Waals surface area contributed by atoms with Crippen molar-refractivity contribution in [1.82, 2.24) is 9.97 Å². The Bertz CT molecular complexity index is 658. The summed E-state index contributed by atoms with van der Waals surface area (Å²) in [6, 6.07) is 0. The highest BCUT2D eigenvalue weighted by molar-refractivity contribution is 5.54. The molecule has 2 atom stereocenters. The number of hydrogen-bond donors (Lipinski definition) is 2. The van der Waals surface area contributed by atoms with E-state index in [4.69, 9.17) is 14.7 Å². The minimum atomic E-state index is -0.796. The summed E-state index contributed by atoms with van der Waals surface area (Å²) in [6.45, 7) is 2.08. The lowest BCUT2D eigenvalue weighted by molar-refractivity contribution is -0.205. The van der Waals surface area contributed by atoms with Gasteiger partial charge in [0.2, 0.25) is 5.95 Å². The molecular formula is C19H30N4O3. The number of aromatic nitrogens is 2. The molecular weight excluding hydrogens is 332 g/mol. The third kappa shape index (κ3) is 3.06. The zero-order valence-corrected chi connectivity index (χ0v) is 15.8. The van der Waals surface area contributed by atoms with Crippen LogP contribution in [0.3, 0.4) is 0 Å². The van der Waals surface area contributed by atoms with Crippen molar-refractivity contribution in [2.24, 2.45) is 0 Å². The molecule has 0 amide bonds. The highest BCUT2D eigenvalue weighted by Crippen LogP contribution is 2.38. The molecule has 1 aliphatic carbocycles. The van der Waals surface area contributed by atoms with Gasteiger partial charge >= 0.3 is 0 Å². The Labute approximate surface area is 155 Å². The van der Waals surface area contributed by atoms with Gasteiger partial charge in [0, 0.05) is 32.7 Å². The summed E-state index contributed by atoms with van der Waals surface area (Å²) in [7, 11) is 3.96. The number of rotatable bonds is 2. The minimum Gasteiger partial charge on any atom is -0.390 e. The number of aliphatic hydroxyl groups excluding tert-OH is 2. The first-order valence-corrected chi connectivity index (χ1v) is 9.82. The summed E-state index contributed by atoms with van der Waals surface area (Å²) in [5, 5.41) is 20.6. The van der Waals surface area contributed by atoms with E-state index in [1.54, 1.807) is 0 Å². The molecule has 26 heavy (non-hydrogen) atoms. The number of nitrogens with zero attached hydrogens (tertiary/aromatic N) is 4. The predicted molar refractivity (Wildman–Crippen MR) is 99.8 cm³/mol. The Hall–Kier alpha value is -1.44. The van der Waals surface area contributed by atoms with E-state index in [0.717, 1.165) is 37.7 Å². The first kappa shape index (κ1) is 17.9. The number of aryl methyl sites for hydroxylation is 1. The lowest BCUT2D eigenvalue weighted by Crippen LogP contribution is -2.60. The van der Waals surface area contributed by atoms with Crippen LogP contribution >= 0.6 is 0 Å². The van der Waals surface area contributed by atoms with E-state index in [1.807, 2.05) is 19.0 Å². The first-order valence-electron chi connectivity index (χ1n) is 9.82. The van der Waals surface area contributed by atoms with E-state index in [2.05, 4.69) is 4.90 Å². The van der Waals surface area contributed by atoms with Crippen LogP contribution < -0.4 is 9.80 Å². The van der Waals surface area contributed by atoms with Gasteiger partial charge in [-0.05, 0) is 44.9 Å². The maximum Gasteiger partial charge on any atom is 0.227 e. The van der Waals surface area contributed by atoms with E-state index in [0.29, 0.717) is 25.9 Å². The van der Waals surface area contributed by atoms with Gasteiger partial charge in [0.25, 0.3) is 0 Å². The van der Waals surface area contributed by atoms with Crippen LogP contribution in [0.25, 0.3) is 0 Å². The summed E-state index contributed by atoms with van der Waals surface area (Å²) in [4.78, 5) is 13.9. The van der Waals surface area contributed by atoms with Crippen LogP contribution in [-0.4, -0.2) is 71.8 Å². The molecule has 2 saturated heterocycles. The molecule has 0 bridgehead atoms. The lowest BCUT2D eigenvalue weighted by Gasteiger charge is -2.48. The number of ether oxygens (including phenoxy) is 1. The van der Waals surface area contributed by atoms with Crippen molar-refractivity contribution >= 4 is 11.8 Å². The van der Waals surface area contributed by atoms with Crippen LogP contribution in [0.1, 0.15) is 43.4 Å². The molecule has 2 N–H and O–H groups in total. The number of anilines is 2. The maximum absolute atomic E-state index is 10.5. The normalized spacial score (nSPS) is 28.1. The van der Waals surface area contributed by atoms with Crippen molar-refractivity contribution in [3.05, 3.63) is 11.3 Å². The van der Waals surface area contributed by atoms with Gasteiger partial charge in [-0.2, -0.15) is 4.98 Å². The molecule has 0 aromatic carbocycles. The Morgan fingerprint density at radius 3 is 2.58 bits per heavy atom. The van der Waals surface area contributed by atoms with Gasteiger partial charge in [-0.1, -0.05) is 0 Å². The maximum atomic E-state index is 10.5. The third-order valence-electron chi connectivity index (χ3n) is 6.17. The molecule has 0 radical (unpaired) electrons. The first-order chi connectivity index (χ1) is 12.5. The Kier molecular flexibility index (Phi) is 4.79. The number of fused-ring (bicyclic) bond motifs is 1. The molecule has 1 spiro atoms. The fraction of sp³-hybridized carbons (Fsp3) is 0.789. The Balaban J connectivity index is 1.58. The second kappa shape index (κ2) is 6.94. The van der Waals surface area contributed by atoms with Gasteiger partial charge in [-0.3, -0.25) is 0 Å². The SMILES string of the molecule is CN(C)c1nc2c(c(N3CCC4(CC3)OCC[C@H](O)[C@@H]4O)n1)CCCC2. The van der Waals surface area contributed by atoms with Crippen LogP contribution in [-0.2, 0) is 17.6 Å². The van der Waals surface area contributed by atoms with Crippen molar-refractivity contribution < 1.29 is 14.9 Å². The number of aliphatic hydroxyl groups is 2. The van der Waals surface area contributed by atoms with Gasteiger partial charge < -0.3 is 24.7 Å². The van der Waals surface area contributed by atoms with Crippen molar-refractivity contribution in [2.75, 3.05) is 43.6 Å². The fourth-order valence-electron chi connectivity index (χ4n) is 4.54. The van der Waals surface area contributed by atoms with Crippen molar-refractivity contribution in [2.45, 2.75) is 62.8 Å². The fourth-order valence-corrected chi connectivity index (χ4v) is 4.54. The molecule has 4 rings (SSSR count). The summed E-state index contributed by atoms with van der Waals surface area (Å²) in [5.74, 6) is 1.82. The molecule has 0 unspecified atom stereocenters. The average molecular weight is 362 g/mol. The zero-order valence-electron chi connectivity index (χ0n) is 15.8. The van der Waals surface area contributed by atoms with Gasteiger partial charge in [0.15, 0.2) is 0 Å². The summed E-state index contributed by atoms with van der Waals surface area (Å²) >= 11 is 0. The molecule has 3 aliphatic rings. The summed E-state index contributed by atoms with van der Waals surface area (Å²) in [6.07, 6.45) is 4.90. The summed E-state index contributed by atoms with van der Waals surface area (Å²) < 4.78 is 5.97. The van der Waals surface area contributed by atoms with E-state index in [1.165, 1.54) is 24.1 Å². The highest BCUT2D eigenvalue weighted by atomic mass is 16.5. The molecule has 3 heterocycles. The molecule has 0 saturated carbocycles. The minimum absolute atomic E-state index is 0.512. The van der Waals surface area contributed by atoms with Gasteiger partial charge in [-0.25, -0.2) is 4.98 Å². The molecule has 144 valence electrons. The third-order valence-corrected chi connectivity index (χ3v) is 6.17. The molecule has 2 aliphatic heterocycles. The van der Waals surface area contributed by atoms with Crippen molar-refractivity contribution in [3.63, 3.8) is 0 Å². The van der Waals surface area contributed by atoms with Gasteiger partial charge in [0.1, 0.15) is 11.9 Å². The highest BCUT2D eigenvalue weighted by Gasteiger charge is 2.48.